The van der Waals surface area contributed by atoms with Crippen LogP contribution in [-0.4, -0.2) is 61.0 Å². The molecule has 1 aromatic rings. The van der Waals surface area contributed by atoms with Gasteiger partial charge in [0.1, 0.15) is 0 Å². The molecule has 2 fully saturated rings. The molecule has 3 rings (SSSR count). The summed E-state index contributed by atoms with van der Waals surface area (Å²) in [7, 11) is 0. The number of rotatable bonds is 2. The number of halogens is 2. The van der Waals surface area contributed by atoms with Crippen molar-refractivity contribution in [3.05, 3.63) is 35.4 Å². The molecule has 2 heterocycles. The molecule has 0 N–H and O–H groups in total. The van der Waals surface area contributed by atoms with E-state index in [4.69, 9.17) is 4.74 Å². The lowest BCUT2D eigenvalue weighted by atomic mass is 10.1. The SMILES string of the molecule is O=C(c1ccc(F)c(F)c1)N1CCN(C(=O)C2CCOC2)CC1. The van der Waals surface area contributed by atoms with Crippen molar-refractivity contribution in [2.24, 2.45) is 5.92 Å². The third kappa shape index (κ3) is 3.34. The summed E-state index contributed by atoms with van der Waals surface area (Å²) in [5.74, 6) is -2.37. The zero-order chi connectivity index (χ0) is 16.4. The van der Waals surface area contributed by atoms with Gasteiger partial charge in [-0.2, -0.15) is 0 Å². The van der Waals surface area contributed by atoms with Crippen LogP contribution in [0.15, 0.2) is 18.2 Å². The number of hydrogen-bond donors (Lipinski definition) is 0. The monoisotopic (exact) mass is 324 g/mol. The smallest absolute Gasteiger partial charge is 0.254 e. The Morgan fingerprint density at radius 2 is 1.74 bits per heavy atom. The van der Waals surface area contributed by atoms with E-state index in [0.717, 1.165) is 18.6 Å². The van der Waals surface area contributed by atoms with Crippen molar-refractivity contribution in [3.63, 3.8) is 0 Å². The maximum Gasteiger partial charge on any atom is 0.254 e. The summed E-state index contributed by atoms with van der Waals surface area (Å²) in [5, 5.41) is 0. The second-order valence-electron chi connectivity index (χ2n) is 5.81. The van der Waals surface area contributed by atoms with E-state index < -0.39 is 11.6 Å². The Balaban J connectivity index is 1.58. The van der Waals surface area contributed by atoms with E-state index >= 15 is 0 Å². The third-order valence-corrected chi connectivity index (χ3v) is 4.32. The molecule has 1 aromatic carbocycles. The number of amides is 2. The van der Waals surface area contributed by atoms with Crippen molar-refractivity contribution in [3.8, 4) is 0 Å². The molecule has 2 aliphatic heterocycles. The van der Waals surface area contributed by atoms with Crippen LogP contribution in [0, 0.1) is 17.6 Å². The maximum absolute atomic E-state index is 13.2. The predicted molar refractivity (Wildman–Crippen MR) is 77.8 cm³/mol. The fourth-order valence-electron chi connectivity index (χ4n) is 2.93. The van der Waals surface area contributed by atoms with Gasteiger partial charge in [0.2, 0.25) is 5.91 Å². The van der Waals surface area contributed by atoms with E-state index in [1.807, 2.05) is 0 Å². The van der Waals surface area contributed by atoms with Crippen molar-refractivity contribution in [1.29, 1.82) is 0 Å². The summed E-state index contributed by atoms with van der Waals surface area (Å²) in [5.41, 5.74) is 0.118. The van der Waals surface area contributed by atoms with Crippen LogP contribution in [0.5, 0.6) is 0 Å². The van der Waals surface area contributed by atoms with Crippen molar-refractivity contribution in [1.82, 2.24) is 9.80 Å². The zero-order valence-corrected chi connectivity index (χ0v) is 12.6. The van der Waals surface area contributed by atoms with E-state index in [0.29, 0.717) is 39.4 Å². The Morgan fingerprint density at radius 3 is 2.35 bits per heavy atom. The predicted octanol–water partition coefficient (Wildman–Crippen LogP) is 1.29. The molecule has 0 aliphatic carbocycles. The molecule has 2 aliphatic rings. The average Bonchev–Trinajstić information content (AvgIpc) is 3.11. The van der Waals surface area contributed by atoms with Gasteiger partial charge >= 0.3 is 0 Å². The second-order valence-corrected chi connectivity index (χ2v) is 5.81. The summed E-state index contributed by atoms with van der Waals surface area (Å²) in [6.45, 7) is 2.75. The molecule has 0 bridgehead atoms. The minimum absolute atomic E-state index is 0.0717. The van der Waals surface area contributed by atoms with E-state index in [9.17, 15) is 18.4 Å². The highest BCUT2D eigenvalue weighted by Crippen LogP contribution is 2.18. The van der Waals surface area contributed by atoms with Crippen molar-refractivity contribution in [2.45, 2.75) is 6.42 Å². The Hall–Kier alpha value is -2.02. The first-order chi connectivity index (χ1) is 11.1. The number of piperazine rings is 1. The first-order valence-corrected chi connectivity index (χ1v) is 7.67. The molecule has 7 heteroatoms. The average molecular weight is 324 g/mol. The van der Waals surface area contributed by atoms with E-state index in [-0.39, 0.29) is 23.3 Å². The van der Waals surface area contributed by atoms with Gasteiger partial charge in [0.15, 0.2) is 11.6 Å². The topological polar surface area (TPSA) is 49.9 Å². The fourth-order valence-corrected chi connectivity index (χ4v) is 2.93. The van der Waals surface area contributed by atoms with Gasteiger partial charge in [-0.15, -0.1) is 0 Å². The first-order valence-electron chi connectivity index (χ1n) is 7.67. The van der Waals surface area contributed by atoms with Gasteiger partial charge in [-0.25, -0.2) is 8.78 Å². The molecule has 2 saturated heterocycles. The van der Waals surface area contributed by atoms with Gasteiger partial charge in [0, 0.05) is 38.3 Å². The number of carbonyl (C=O) groups excluding carboxylic acids is 2. The Morgan fingerprint density at radius 1 is 1.04 bits per heavy atom. The molecule has 0 radical (unpaired) electrons. The van der Waals surface area contributed by atoms with Crippen molar-refractivity contribution in [2.75, 3.05) is 39.4 Å². The number of ether oxygens (including phenoxy) is 1. The van der Waals surface area contributed by atoms with Crippen LogP contribution in [-0.2, 0) is 9.53 Å². The maximum atomic E-state index is 13.2. The fraction of sp³-hybridized carbons (Fsp3) is 0.500. The van der Waals surface area contributed by atoms with Crippen LogP contribution >= 0.6 is 0 Å². The Labute approximate surface area is 132 Å². The highest BCUT2D eigenvalue weighted by Gasteiger charge is 2.31. The molecule has 124 valence electrons. The number of benzene rings is 1. The molecule has 1 atom stereocenters. The van der Waals surface area contributed by atoms with E-state index in [1.54, 1.807) is 9.80 Å². The van der Waals surface area contributed by atoms with Gasteiger partial charge in [-0.3, -0.25) is 9.59 Å². The summed E-state index contributed by atoms with van der Waals surface area (Å²) < 4.78 is 31.4. The number of hydrogen-bond acceptors (Lipinski definition) is 3. The lowest BCUT2D eigenvalue weighted by molar-refractivity contribution is -0.137. The van der Waals surface area contributed by atoms with Gasteiger partial charge in [-0.1, -0.05) is 0 Å². The lowest BCUT2D eigenvalue weighted by Gasteiger charge is -2.35. The Bertz CT molecular complexity index is 609. The van der Waals surface area contributed by atoms with Gasteiger partial charge in [0.25, 0.3) is 5.91 Å². The molecular formula is C16H18F2N2O3. The highest BCUT2D eigenvalue weighted by molar-refractivity contribution is 5.94. The van der Waals surface area contributed by atoms with Gasteiger partial charge < -0.3 is 14.5 Å². The van der Waals surface area contributed by atoms with E-state index in [2.05, 4.69) is 0 Å². The Kier molecular flexibility index (Phi) is 4.56. The molecule has 2 amide bonds. The minimum atomic E-state index is -1.04. The van der Waals surface area contributed by atoms with Gasteiger partial charge in [-0.05, 0) is 24.6 Å². The molecule has 0 saturated carbocycles. The highest BCUT2D eigenvalue weighted by atomic mass is 19.2. The number of nitrogens with zero attached hydrogens (tertiary/aromatic N) is 2. The van der Waals surface area contributed by atoms with Crippen molar-refractivity contribution >= 4 is 11.8 Å². The van der Waals surface area contributed by atoms with Crippen LogP contribution < -0.4 is 0 Å². The van der Waals surface area contributed by atoms with Crippen LogP contribution in [0.1, 0.15) is 16.8 Å². The van der Waals surface area contributed by atoms with E-state index in [1.165, 1.54) is 6.07 Å². The summed E-state index contributed by atoms with van der Waals surface area (Å²) in [6.07, 6.45) is 0.743. The van der Waals surface area contributed by atoms with Crippen LogP contribution in [0.25, 0.3) is 0 Å². The number of carbonyl (C=O) groups is 2. The minimum Gasteiger partial charge on any atom is -0.381 e. The molecular weight excluding hydrogens is 306 g/mol. The largest absolute Gasteiger partial charge is 0.381 e. The second kappa shape index (κ2) is 6.62. The molecule has 0 spiro atoms. The standard InChI is InChI=1S/C16H18F2N2O3/c17-13-2-1-11(9-14(13)18)15(21)19-4-6-20(7-5-19)16(22)12-3-8-23-10-12/h1-2,9,12H,3-8,10H2. The molecule has 5 nitrogen and oxygen atoms in total. The zero-order valence-electron chi connectivity index (χ0n) is 12.6. The third-order valence-electron chi connectivity index (χ3n) is 4.32. The van der Waals surface area contributed by atoms with Crippen LogP contribution in [0.4, 0.5) is 8.78 Å². The lowest BCUT2D eigenvalue weighted by Crippen LogP contribution is -2.52. The van der Waals surface area contributed by atoms with Gasteiger partial charge in [0.05, 0.1) is 12.5 Å². The van der Waals surface area contributed by atoms with Crippen LogP contribution in [0.2, 0.25) is 0 Å². The quantitative estimate of drug-likeness (QED) is 0.824. The van der Waals surface area contributed by atoms with Crippen LogP contribution in [0.3, 0.4) is 0 Å². The molecule has 0 aromatic heterocycles. The van der Waals surface area contributed by atoms with Crippen molar-refractivity contribution < 1.29 is 23.1 Å². The summed E-state index contributed by atoms with van der Waals surface area (Å²) in [4.78, 5) is 27.9. The normalized spacial score (nSPS) is 21.6. The first kappa shape index (κ1) is 15.9. The molecule has 23 heavy (non-hydrogen) atoms. The summed E-state index contributed by atoms with van der Waals surface area (Å²) in [6, 6.07) is 3.13. The summed E-state index contributed by atoms with van der Waals surface area (Å²) >= 11 is 0. The molecule has 1 unspecified atom stereocenters.